The van der Waals surface area contributed by atoms with Crippen LogP contribution < -0.4 is 0 Å². The van der Waals surface area contributed by atoms with E-state index >= 15 is 0 Å². The van der Waals surface area contributed by atoms with Crippen molar-refractivity contribution < 1.29 is 4.79 Å². The van der Waals surface area contributed by atoms with Gasteiger partial charge in [-0.3, -0.25) is 4.79 Å². The summed E-state index contributed by atoms with van der Waals surface area (Å²) in [7, 11) is 0. The van der Waals surface area contributed by atoms with Crippen molar-refractivity contribution in [3.05, 3.63) is 28.7 Å². The minimum atomic E-state index is 0.112. The van der Waals surface area contributed by atoms with Gasteiger partial charge < -0.3 is 4.90 Å². The number of carbonyl (C=O) groups is 1. The zero-order valence-corrected chi connectivity index (χ0v) is 9.87. The number of carbonyl (C=O) groups excluding carboxylic acids is 1. The van der Waals surface area contributed by atoms with Gasteiger partial charge in [0.05, 0.1) is 5.51 Å². The van der Waals surface area contributed by atoms with Gasteiger partial charge in [-0.2, -0.15) is 0 Å². The van der Waals surface area contributed by atoms with Gasteiger partial charge in [0.1, 0.15) is 5.69 Å². The molecular formula is C12H14N2OS. The van der Waals surface area contributed by atoms with E-state index < -0.39 is 0 Å². The molecule has 0 aromatic carbocycles. The molecule has 3 heterocycles. The number of piperidine rings is 1. The summed E-state index contributed by atoms with van der Waals surface area (Å²) in [4.78, 5) is 18.4. The first-order valence-corrected chi connectivity index (χ1v) is 6.57. The Morgan fingerprint density at radius 2 is 2.12 bits per heavy atom. The van der Waals surface area contributed by atoms with E-state index in [0.29, 0.717) is 17.8 Å². The van der Waals surface area contributed by atoms with E-state index in [0.717, 1.165) is 25.7 Å². The number of fused-ring (bicyclic) bond motifs is 2. The average molecular weight is 234 g/mol. The van der Waals surface area contributed by atoms with Crippen LogP contribution in [0.15, 0.2) is 23.0 Å². The van der Waals surface area contributed by atoms with E-state index in [1.54, 1.807) is 5.51 Å². The monoisotopic (exact) mass is 234 g/mol. The van der Waals surface area contributed by atoms with E-state index in [-0.39, 0.29) is 5.91 Å². The summed E-state index contributed by atoms with van der Waals surface area (Å²) in [6.07, 6.45) is 4.21. The first kappa shape index (κ1) is 10.0. The van der Waals surface area contributed by atoms with Gasteiger partial charge in [-0.25, -0.2) is 4.98 Å². The van der Waals surface area contributed by atoms with Crippen LogP contribution in [0.1, 0.15) is 36.2 Å². The fourth-order valence-corrected chi connectivity index (χ4v) is 3.42. The Kier molecular flexibility index (Phi) is 2.32. The SMILES string of the molecule is C=C1CC2CCC(C1)N2C(=O)c1cscn1. The molecule has 2 fully saturated rings. The second-order valence-electron chi connectivity index (χ2n) is 4.63. The summed E-state index contributed by atoms with van der Waals surface area (Å²) in [6.45, 7) is 4.06. The number of nitrogens with zero attached hydrogens (tertiary/aromatic N) is 2. The molecule has 3 rings (SSSR count). The average Bonchev–Trinajstić information content (AvgIpc) is 2.85. The maximum absolute atomic E-state index is 12.3. The van der Waals surface area contributed by atoms with Gasteiger partial charge in [0.25, 0.3) is 5.91 Å². The number of rotatable bonds is 1. The van der Waals surface area contributed by atoms with Crippen LogP contribution in [-0.2, 0) is 0 Å². The maximum Gasteiger partial charge on any atom is 0.273 e. The van der Waals surface area contributed by atoms with Gasteiger partial charge in [-0.15, -0.1) is 11.3 Å². The molecule has 1 aromatic heterocycles. The third kappa shape index (κ3) is 1.48. The van der Waals surface area contributed by atoms with Crippen molar-refractivity contribution in [1.82, 2.24) is 9.88 Å². The van der Waals surface area contributed by atoms with Gasteiger partial charge in [0, 0.05) is 17.5 Å². The summed E-state index contributed by atoms with van der Waals surface area (Å²) in [5.74, 6) is 0.112. The van der Waals surface area contributed by atoms with Gasteiger partial charge in [-0.05, 0) is 25.7 Å². The molecule has 1 amide bonds. The molecule has 2 aliphatic heterocycles. The highest BCUT2D eigenvalue weighted by molar-refractivity contribution is 7.07. The van der Waals surface area contributed by atoms with Crippen LogP contribution in [0.25, 0.3) is 0 Å². The lowest BCUT2D eigenvalue weighted by Crippen LogP contribution is -2.44. The minimum absolute atomic E-state index is 0.112. The molecule has 3 nitrogen and oxygen atoms in total. The summed E-state index contributed by atoms with van der Waals surface area (Å²) in [6, 6.07) is 0.751. The van der Waals surface area contributed by atoms with Gasteiger partial charge in [0.2, 0.25) is 0 Å². The van der Waals surface area contributed by atoms with Crippen molar-refractivity contribution in [3.8, 4) is 0 Å². The molecule has 0 N–H and O–H groups in total. The Labute approximate surface area is 98.8 Å². The van der Waals surface area contributed by atoms with Crippen LogP contribution in [0.5, 0.6) is 0 Å². The van der Waals surface area contributed by atoms with Crippen LogP contribution in [0.4, 0.5) is 0 Å². The van der Waals surface area contributed by atoms with Crippen molar-refractivity contribution in [3.63, 3.8) is 0 Å². The second kappa shape index (κ2) is 3.70. The van der Waals surface area contributed by atoms with E-state index in [1.165, 1.54) is 16.9 Å². The van der Waals surface area contributed by atoms with E-state index in [2.05, 4.69) is 11.6 Å². The maximum atomic E-state index is 12.3. The van der Waals surface area contributed by atoms with Gasteiger partial charge in [-0.1, -0.05) is 12.2 Å². The fraction of sp³-hybridized carbons (Fsp3) is 0.500. The molecule has 0 spiro atoms. The Morgan fingerprint density at radius 3 is 2.69 bits per heavy atom. The largest absolute Gasteiger partial charge is 0.331 e. The smallest absolute Gasteiger partial charge is 0.273 e. The van der Waals surface area contributed by atoms with Crippen LogP contribution in [0.3, 0.4) is 0 Å². The third-order valence-electron chi connectivity index (χ3n) is 3.55. The Hall–Kier alpha value is -1.16. The first-order valence-electron chi connectivity index (χ1n) is 5.63. The predicted octanol–water partition coefficient (Wildman–Crippen LogP) is 2.47. The standard InChI is InChI=1S/C12H14N2OS/c1-8-4-9-2-3-10(5-8)14(9)12(15)11-6-16-7-13-11/h6-7,9-10H,1-5H2. The predicted molar refractivity (Wildman–Crippen MR) is 63.5 cm³/mol. The van der Waals surface area contributed by atoms with Crippen molar-refractivity contribution >= 4 is 17.2 Å². The zero-order chi connectivity index (χ0) is 11.1. The molecule has 2 unspecified atom stereocenters. The lowest BCUT2D eigenvalue weighted by Gasteiger charge is -2.35. The van der Waals surface area contributed by atoms with Crippen LogP contribution in [0, 0.1) is 0 Å². The number of thiazole rings is 1. The molecule has 2 bridgehead atoms. The minimum Gasteiger partial charge on any atom is -0.331 e. The third-order valence-corrected chi connectivity index (χ3v) is 4.14. The summed E-state index contributed by atoms with van der Waals surface area (Å²) < 4.78 is 0. The molecule has 16 heavy (non-hydrogen) atoms. The second-order valence-corrected chi connectivity index (χ2v) is 5.35. The quantitative estimate of drug-likeness (QED) is 0.699. The number of amides is 1. The molecule has 84 valence electrons. The highest BCUT2D eigenvalue weighted by atomic mass is 32.1. The van der Waals surface area contributed by atoms with Gasteiger partial charge >= 0.3 is 0 Å². The number of hydrogen-bond acceptors (Lipinski definition) is 3. The topological polar surface area (TPSA) is 33.2 Å². The van der Waals surface area contributed by atoms with Gasteiger partial charge in [0.15, 0.2) is 0 Å². The van der Waals surface area contributed by atoms with E-state index in [4.69, 9.17) is 0 Å². The molecule has 4 heteroatoms. The Bertz CT molecular complexity index is 410. The van der Waals surface area contributed by atoms with E-state index in [1.807, 2.05) is 10.3 Å². The zero-order valence-electron chi connectivity index (χ0n) is 9.06. The summed E-state index contributed by atoms with van der Waals surface area (Å²) in [5.41, 5.74) is 3.63. The van der Waals surface area contributed by atoms with Crippen LogP contribution in [-0.4, -0.2) is 27.9 Å². The molecule has 2 atom stereocenters. The number of aromatic nitrogens is 1. The van der Waals surface area contributed by atoms with Crippen molar-refractivity contribution in [1.29, 1.82) is 0 Å². The molecule has 2 saturated heterocycles. The van der Waals surface area contributed by atoms with Crippen molar-refractivity contribution in [2.45, 2.75) is 37.8 Å². The lowest BCUT2D eigenvalue weighted by molar-refractivity contribution is 0.0630. The molecule has 0 aliphatic carbocycles. The number of hydrogen-bond donors (Lipinski definition) is 0. The van der Waals surface area contributed by atoms with Crippen molar-refractivity contribution in [2.75, 3.05) is 0 Å². The lowest BCUT2D eigenvalue weighted by atomic mass is 9.98. The highest BCUT2D eigenvalue weighted by Gasteiger charge is 2.41. The van der Waals surface area contributed by atoms with Crippen molar-refractivity contribution in [2.24, 2.45) is 0 Å². The normalized spacial score (nSPS) is 28.5. The molecule has 1 aromatic rings. The van der Waals surface area contributed by atoms with Crippen LogP contribution in [0.2, 0.25) is 0 Å². The molecule has 0 radical (unpaired) electrons. The molecular weight excluding hydrogens is 220 g/mol. The Balaban J connectivity index is 1.86. The first-order chi connectivity index (χ1) is 7.75. The van der Waals surface area contributed by atoms with Crippen LogP contribution >= 0.6 is 11.3 Å². The molecule has 2 aliphatic rings. The summed E-state index contributed by atoms with van der Waals surface area (Å²) in [5, 5.41) is 1.84. The summed E-state index contributed by atoms with van der Waals surface area (Å²) >= 11 is 1.48. The fourth-order valence-electron chi connectivity index (χ4n) is 2.89. The highest BCUT2D eigenvalue weighted by Crippen LogP contribution is 2.38. The van der Waals surface area contributed by atoms with E-state index in [9.17, 15) is 4.79 Å². The Morgan fingerprint density at radius 1 is 1.44 bits per heavy atom. The molecule has 0 saturated carbocycles.